The molecule has 2 heterocycles. The fraction of sp³-hybridized carbons (Fsp3) is 0.400. The van der Waals surface area contributed by atoms with Gasteiger partial charge in [0.15, 0.2) is 0 Å². The van der Waals surface area contributed by atoms with Gasteiger partial charge in [-0.3, -0.25) is 0 Å². The zero-order valence-electron chi connectivity index (χ0n) is 11.5. The van der Waals surface area contributed by atoms with E-state index >= 15 is 0 Å². The number of hydrogen-bond acceptors (Lipinski definition) is 2. The zero-order valence-corrected chi connectivity index (χ0v) is 11.5. The summed E-state index contributed by atoms with van der Waals surface area (Å²) >= 11 is 0. The topological polar surface area (TPSA) is 45.5 Å². The number of carboxylic acid groups (broad SMARTS) is 1. The molecule has 1 aliphatic heterocycles. The summed E-state index contributed by atoms with van der Waals surface area (Å²) in [5.74, 6) is -0.847. The van der Waals surface area contributed by atoms with Crippen LogP contribution in [0.5, 0.6) is 0 Å². The van der Waals surface area contributed by atoms with Crippen LogP contribution in [0.2, 0.25) is 0 Å². The lowest BCUT2D eigenvalue weighted by Crippen LogP contribution is -2.26. The van der Waals surface area contributed by atoms with E-state index in [1.54, 1.807) is 6.07 Å². The molecule has 0 aliphatic carbocycles. The van der Waals surface area contributed by atoms with E-state index in [1.807, 2.05) is 14.0 Å². The van der Waals surface area contributed by atoms with Crippen LogP contribution in [0.15, 0.2) is 12.1 Å². The number of fused-ring (bicyclic) bond motifs is 3. The molecule has 0 atom stereocenters. The Labute approximate surface area is 112 Å². The summed E-state index contributed by atoms with van der Waals surface area (Å²) < 4.78 is 2.07. The van der Waals surface area contributed by atoms with Gasteiger partial charge in [-0.2, -0.15) is 0 Å². The van der Waals surface area contributed by atoms with Gasteiger partial charge in [-0.25, -0.2) is 4.79 Å². The van der Waals surface area contributed by atoms with E-state index in [9.17, 15) is 9.90 Å². The summed E-state index contributed by atoms with van der Waals surface area (Å²) in [6, 6.07) is 3.87. The molecule has 1 aliphatic rings. The first-order valence-electron chi connectivity index (χ1n) is 6.51. The molecular weight excluding hydrogens is 240 g/mol. The number of aromatic carboxylic acids is 1. The number of hydrogen-bond donors (Lipinski definition) is 1. The molecule has 0 spiro atoms. The molecule has 0 bridgehead atoms. The van der Waals surface area contributed by atoms with E-state index < -0.39 is 5.97 Å². The highest BCUT2D eigenvalue weighted by atomic mass is 16.4. The lowest BCUT2D eigenvalue weighted by atomic mass is 10.0. The minimum atomic E-state index is -0.847. The molecule has 1 N–H and O–H groups in total. The zero-order chi connectivity index (χ0) is 13.7. The molecule has 2 aromatic rings. The van der Waals surface area contributed by atoms with Crippen molar-refractivity contribution in [3.05, 3.63) is 34.5 Å². The van der Waals surface area contributed by atoms with Crippen molar-refractivity contribution in [1.82, 2.24) is 9.47 Å². The van der Waals surface area contributed by atoms with Crippen LogP contribution < -0.4 is 0 Å². The fourth-order valence-corrected chi connectivity index (χ4v) is 3.17. The van der Waals surface area contributed by atoms with E-state index in [-0.39, 0.29) is 0 Å². The van der Waals surface area contributed by atoms with E-state index in [4.69, 9.17) is 0 Å². The molecule has 19 heavy (non-hydrogen) atoms. The molecule has 4 heteroatoms. The molecule has 0 radical (unpaired) electrons. The van der Waals surface area contributed by atoms with E-state index in [0.29, 0.717) is 5.56 Å². The Kier molecular flexibility index (Phi) is 2.64. The summed E-state index contributed by atoms with van der Waals surface area (Å²) in [4.78, 5) is 13.8. The van der Waals surface area contributed by atoms with Crippen LogP contribution in [0.25, 0.3) is 10.9 Å². The van der Waals surface area contributed by atoms with Crippen molar-refractivity contribution in [3.8, 4) is 0 Å². The highest BCUT2D eigenvalue weighted by Gasteiger charge is 2.24. The number of aromatic nitrogens is 1. The number of nitrogens with zero attached hydrogens (tertiary/aromatic N) is 2. The fourth-order valence-electron chi connectivity index (χ4n) is 3.17. The average molecular weight is 258 g/mol. The normalized spacial score (nSPS) is 15.7. The molecule has 0 fully saturated rings. The first-order valence-corrected chi connectivity index (χ1v) is 6.51. The van der Waals surface area contributed by atoms with E-state index in [1.165, 1.54) is 11.3 Å². The van der Waals surface area contributed by atoms with Gasteiger partial charge in [-0.1, -0.05) is 0 Å². The Morgan fingerprint density at radius 3 is 2.74 bits per heavy atom. The highest BCUT2D eigenvalue weighted by Crippen LogP contribution is 2.32. The van der Waals surface area contributed by atoms with Crippen molar-refractivity contribution in [2.24, 2.45) is 7.05 Å². The van der Waals surface area contributed by atoms with Crippen LogP contribution in [0.1, 0.15) is 27.2 Å². The largest absolute Gasteiger partial charge is 0.478 e. The third kappa shape index (κ3) is 1.75. The summed E-state index contributed by atoms with van der Waals surface area (Å²) in [7, 11) is 4.09. The Bertz CT molecular complexity index is 685. The second-order valence-corrected chi connectivity index (χ2v) is 5.49. The Morgan fingerprint density at radius 1 is 1.32 bits per heavy atom. The third-order valence-corrected chi connectivity index (χ3v) is 4.06. The SMILES string of the molecule is Cc1cc(C(=O)O)c2c(c1)c1c(n2C)CCN(C)C1. The molecule has 0 saturated carbocycles. The van der Waals surface area contributed by atoms with Gasteiger partial charge in [-0.15, -0.1) is 0 Å². The Balaban J connectivity index is 2.40. The van der Waals surface area contributed by atoms with Crippen molar-refractivity contribution >= 4 is 16.9 Å². The van der Waals surface area contributed by atoms with Crippen LogP contribution in [-0.2, 0) is 20.0 Å². The average Bonchev–Trinajstić information content (AvgIpc) is 2.62. The second-order valence-electron chi connectivity index (χ2n) is 5.49. The van der Waals surface area contributed by atoms with Gasteiger partial charge < -0.3 is 14.6 Å². The van der Waals surface area contributed by atoms with Gasteiger partial charge in [0, 0.05) is 37.6 Å². The maximum atomic E-state index is 11.5. The van der Waals surface area contributed by atoms with Crippen LogP contribution in [0.4, 0.5) is 0 Å². The Hall–Kier alpha value is -1.81. The van der Waals surface area contributed by atoms with Gasteiger partial charge >= 0.3 is 5.97 Å². The summed E-state index contributed by atoms with van der Waals surface area (Å²) in [5, 5.41) is 10.5. The lowest BCUT2D eigenvalue weighted by Gasteiger charge is -2.23. The lowest BCUT2D eigenvalue weighted by molar-refractivity contribution is 0.0698. The monoisotopic (exact) mass is 258 g/mol. The smallest absolute Gasteiger partial charge is 0.337 e. The summed E-state index contributed by atoms with van der Waals surface area (Å²) in [6.07, 6.45) is 0.981. The second kappa shape index (κ2) is 4.10. The molecule has 100 valence electrons. The van der Waals surface area contributed by atoms with Crippen molar-refractivity contribution in [2.45, 2.75) is 19.9 Å². The molecular formula is C15H18N2O2. The first-order chi connectivity index (χ1) is 8.99. The maximum absolute atomic E-state index is 11.5. The molecule has 0 unspecified atom stereocenters. The van der Waals surface area contributed by atoms with Crippen molar-refractivity contribution in [1.29, 1.82) is 0 Å². The molecule has 0 saturated heterocycles. The van der Waals surface area contributed by atoms with Crippen LogP contribution in [-0.4, -0.2) is 34.1 Å². The minimum Gasteiger partial charge on any atom is -0.478 e. The summed E-state index contributed by atoms with van der Waals surface area (Å²) in [5.41, 5.74) is 4.85. The minimum absolute atomic E-state index is 0.412. The maximum Gasteiger partial charge on any atom is 0.337 e. The number of carboxylic acids is 1. The van der Waals surface area contributed by atoms with Gasteiger partial charge in [0.05, 0.1) is 11.1 Å². The third-order valence-electron chi connectivity index (χ3n) is 4.06. The molecule has 0 amide bonds. The van der Waals surface area contributed by atoms with E-state index in [0.717, 1.165) is 36.0 Å². The predicted octanol–water partition coefficient (Wildman–Crippen LogP) is 2.17. The first kappa shape index (κ1) is 12.2. The van der Waals surface area contributed by atoms with E-state index in [2.05, 4.69) is 22.6 Å². The number of likely N-dealkylation sites (N-methyl/N-ethyl adjacent to an activating group) is 1. The van der Waals surface area contributed by atoms with Gasteiger partial charge in [0.2, 0.25) is 0 Å². The van der Waals surface area contributed by atoms with Gasteiger partial charge in [0.25, 0.3) is 0 Å². The van der Waals surface area contributed by atoms with Crippen LogP contribution in [0, 0.1) is 6.92 Å². The van der Waals surface area contributed by atoms with Gasteiger partial charge in [-0.05, 0) is 37.2 Å². The standard InChI is InChI=1S/C15H18N2O2/c1-9-6-10-12-8-16(2)5-4-13(12)17(3)14(10)11(7-9)15(18)19/h6-7H,4-5,8H2,1-3H3,(H,18,19). The van der Waals surface area contributed by atoms with Crippen LogP contribution >= 0.6 is 0 Å². The highest BCUT2D eigenvalue weighted by molar-refractivity contribution is 6.04. The Morgan fingerprint density at radius 2 is 2.05 bits per heavy atom. The quantitative estimate of drug-likeness (QED) is 0.852. The predicted molar refractivity (Wildman–Crippen MR) is 74.7 cm³/mol. The molecule has 1 aromatic carbocycles. The number of benzene rings is 1. The van der Waals surface area contributed by atoms with Crippen molar-refractivity contribution < 1.29 is 9.90 Å². The van der Waals surface area contributed by atoms with Gasteiger partial charge in [0.1, 0.15) is 0 Å². The van der Waals surface area contributed by atoms with Crippen molar-refractivity contribution in [3.63, 3.8) is 0 Å². The molecule has 3 rings (SSSR count). The number of carbonyl (C=O) groups is 1. The molecule has 1 aromatic heterocycles. The number of rotatable bonds is 1. The number of aryl methyl sites for hydroxylation is 2. The summed E-state index contributed by atoms with van der Waals surface area (Å²) in [6.45, 7) is 3.88. The van der Waals surface area contributed by atoms with Crippen molar-refractivity contribution in [2.75, 3.05) is 13.6 Å². The van der Waals surface area contributed by atoms with Crippen LogP contribution in [0.3, 0.4) is 0 Å². The molecule has 4 nitrogen and oxygen atoms in total.